The first kappa shape index (κ1) is 39.7. The summed E-state index contributed by atoms with van der Waals surface area (Å²) in [6.45, 7) is 10.5. The predicted molar refractivity (Wildman–Crippen MR) is 189 cm³/mol. The number of hydrogen-bond acceptors (Lipinski definition) is 10. The van der Waals surface area contributed by atoms with E-state index in [-0.39, 0.29) is 25.9 Å². The summed E-state index contributed by atoms with van der Waals surface area (Å²) in [5.74, 6) is -1.08. The summed E-state index contributed by atoms with van der Waals surface area (Å²) in [6.07, 6.45) is -1.14. The molecule has 11 nitrogen and oxygen atoms in total. The fourth-order valence-electron chi connectivity index (χ4n) is 4.54. The number of rotatable bonds is 12. The lowest BCUT2D eigenvalue weighted by molar-refractivity contribution is -0.143. The third-order valence-corrected chi connectivity index (χ3v) is 8.00. The molecular formula is C36H43FN4O7S2. The zero-order valence-electron chi connectivity index (χ0n) is 28.9. The average Bonchev–Trinajstić information content (AvgIpc) is 3.75. The summed E-state index contributed by atoms with van der Waals surface area (Å²) >= 11 is 2.76. The highest BCUT2D eigenvalue weighted by Crippen LogP contribution is 2.21. The van der Waals surface area contributed by atoms with Crippen molar-refractivity contribution < 1.29 is 38.1 Å². The van der Waals surface area contributed by atoms with Crippen LogP contribution in [0.1, 0.15) is 64.1 Å². The molecule has 1 N–H and O–H groups in total. The van der Waals surface area contributed by atoms with Gasteiger partial charge in [0, 0.05) is 23.6 Å². The monoisotopic (exact) mass is 726 g/mol. The molecule has 0 radical (unpaired) electrons. The number of carbonyl (C=O) groups excluding carboxylic acids is 3. The van der Waals surface area contributed by atoms with Crippen LogP contribution in [-0.4, -0.2) is 72.4 Å². The van der Waals surface area contributed by atoms with Crippen molar-refractivity contribution in [3.63, 3.8) is 0 Å². The number of carboxylic acids is 1. The lowest BCUT2D eigenvalue weighted by Crippen LogP contribution is -2.48. The highest BCUT2D eigenvalue weighted by atomic mass is 32.1. The van der Waals surface area contributed by atoms with Crippen molar-refractivity contribution in [1.29, 1.82) is 0 Å². The molecular weight excluding hydrogens is 684 g/mol. The van der Waals surface area contributed by atoms with Crippen LogP contribution in [-0.2, 0) is 45.0 Å². The number of aliphatic carboxylic acids is 1. The number of carbonyl (C=O) groups is 4. The van der Waals surface area contributed by atoms with E-state index in [9.17, 15) is 28.7 Å². The molecule has 268 valence electrons. The van der Waals surface area contributed by atoms with Gasteiger partial charge < -0.3 is 14.6 Å². The lowest BCUT2D eigenvalue weighted by Gasteiger charge is -2.31. The minimum absolute atomic E-state index is 0.00553. The maximum absolute atomic E-state index is 13.8. The van der Waals surface area contributed by atoms with E-state index < -0.39 is 47.5 Å². The fourth-order valence-corrected chi connectivity index (χ4v) is 5.64. The fraction of sp³-hybridized carbons (Fsp3) is 0.389. The van der Waals surface area contributed by atoms with Gasteiger partial charge in [-0.15, -0.1) is 22.7 Å². The van der Waals surface area contributed by atoms with Crippen molar-refractivity contribution in [2.45, 2.75) is 90.8 Å². The molecule has 0 spiro atoms. The van der Waals surface area contributed by atoms with Crippen molar-refractivity contribution in [3.8, 4) is 0 Å². The molecule has 2 heterocycles. The molecule has 2 aromatic carbocycles. The second-order valence-corrected chi connectivity index (χ2v) is 14.7. The largest absolute Gasteiger partial charge is 0.480 e. The molecule has 0 saturated carbocycles. The van der Waals surface area contributed by atoms with Gasteiger partial charge in [-0.05, 0) is 52.7 Å². The molecule has 4 aromatic rings. The van der Waals surface area contributed by atoms with Gasteiger partial charge in [0.1, 0.15) is 23.3 Å². The van der Waals surface area contributed by atoms with Crippen LogP contribution < -0.4 is 0 Å². The highest BCUT2D eigenvalue weighted by molar-refractivity contribution is 7.07. The van der Waals surface area contributed by atoms with Crippen LogP contribution in [0, 0.1) is 0 Å². The van der Waals surface area contributed by atoms with Gasteiger partial charge in [0.2, 0.25) is 0 Å². The molecule has 0 fully saturated rings. The number of ether oxygens (including phenoxy) is 2. The van der Waals surface area contributed by atoms with E-state index in [1.165, 1.54) is 27.6 Å². The smallest absolute Gasteiger partial charge is 0.411 e. The Morgan fingerprint density at radius 2 is 1.08 bits per heavy atom. The predicted octanol–water partition coefficient (Wildman–Crippen LogP) is 7.56. The van der Waals surface area contributed by atoms with Crippen molar-refractivity contribution in [2.24, 2.45) is 0 Å². The summed E-state index contributed by atoms with van der Waals surface area (Å²) in [5, 5.41) is 13.3. The van der Waals surface area contributed by atoms with Crippen LogP contribution in [0.25, 0.3) is 0 Å². The highest BCUT2D eigenvalue weighted by Gasteiger charge is 2.35. The number of hydrogen-bond donors (Lipinski definition) is 1. The number of benzene rings is 2. The van der Waals surface area contributed by atoms with Gasteiger partial charge in [0.05, 0.1) is 35.5 Å². The first-order chi connectivity index (χ1) is 23.5. The Bertz CT molecular complexity index is 1520. The van der Waals surface area contributed by atoms with Gasteiger partial charge in [-0.2, -0.15) is 4.39 Å². The second kappa shape index (κ2) is 18.3. The number of halogens is 1. The average molecular weight is 727 g/mol. The maximum atomic E-state index is 13.8. The molecule has 4 rings (SSSR count). The van der Waals surface area contributed by atoms with E-state index in [1.807, 2.05) is 36.4 Å². The summed E-state index contributed by atoms with van der Waals surface area (Å²) in [7, 11) is 0. The molecule has 14 heteroatoms. The Balaban J connectivity index is 0.000000270. The summed E-state index contributed by atoms with van der Waals surface area (Å²) in [6, 6.07) is 14.3. The van der Waals surface area contributed by atoms with Gasteiger partial charge in [-0.25, -0.2) is 24.4 Å². The Labute approximate surface area is 299 Å². The number of thiazole rings is 2. The normalized spacial score (nSPS) is 12.5. The van der Waals surface area contributed by atoms with E-state index in [1.54, 1.807) is 87.6 Å². The Morgan fingerprint density at radius 1 is 0.700 bits per heavy atom. The summed E-state index contributed by atoms with van der Waals surface area (Å²) < 4.78 is 24.6. The van der Waals surface area contributed by atoms with E-state index in [0.717, 1.165) is 16.0 Å². The Kier molecular flexibility index (Phi) is 14.6. The molecule has 0 aliphatic carbocycles. The minimum atomic E-state index is -1.58. The SMILES string of the molecule is CC(C)(C)OC(=O)N(Cc1cscn1)[C@@H](Cc1ccccc1)C(=O)F.CC(C)(C)OC(=O)N(Cc1cscn1)[C@@H](Cc1ccccc1)C(=O)O. The van der Waals surface area contributed by atoms with Crippen LogP contribution in [0.4, 0.5) is 14.0 Å². The second-order valence-electron chi connectivity index (χ2n) is 13.2. The quantitative estimate of drug-likeness (QED) is 0.147. The molecule has 0 unspecified atom stereocenters. The lowest BCUT2D eigenvalue weighted by atomic mass is 10.0. The van der Waals surface area contributed by atoms with Crippen LogP contribution >= 0.6 is 22.7 Å². The number of aromatic nitrogens is 2. The van der Waals surface area contributed by atoms with Gasteiger partial charge >= 0.3 is 24.2 Å². The first-order valence-corrected chi connectivity index (χ1v) is 17.6. The van der Waals surface area contributed by atoms with Gasteiger partial charge in [-0.1, -0.05) is 60.7 Å². The topological polar surface area (TPSA) is 139 Å². The third kappa shape index (κ3) is 13.7. The van der Waals surface area contributed by atoms with Crippen LogP contribution in [0.5, 0.6) is 0 Å². The molecule has 0 aliphatic heterocycles. The maximum Gasteiger partial charge on any atom is 0.411 e. The summed E-state index contributed by atoms with van der Waals surface area (Å²) in [4.78, 5) is 59.4. The molecule has 2 amide bonds. The molecule has 0 saturated heterocycles. The zero-order chi connectivity index (χ0) is 36.9. The molecule has 2 aromatic heterocycles. The Morgan fingerprint density at radius 3 is 1.40 bits per heavy atom. The van der Waals surface area contributed by atoms with Crippen molar-refractivity contribution >= 4 is 46.9 Å². The number of nitrogens with zero attached hydrogens (tertiary/aromatic N) is 4. The summed E-state index contributed by atoms with van der Waals surface area (Å²) in [5.41, 5.74) is 4.60. The standard InChI is InChI=1S/C18H21FN2O3S.C18H22N2O4S/c1-18(2,3)24-17(23)21(10-14-11-25-12-20-14)15(16(19)22)9-13-7-5-4-6-8-13;1-18(2,3)24-17(23)20(10-14-11-25-12-19-14)15(16(21)22)9-13-7-5-4-6-8-13/h4-8,11-12,15H,9-10H2,1-3H3;4-8,11-12,15H,9-10H2,1-3H3,(H,21,22)/t2*15-/m00/s1. The van der Waals surface area contributed by atoms with Crippen LogP contribution in [0.15, 0.2) is 82.4 Å². The number of carboxylic acid groups (broad SMARTS) is 1. The molecule has 0 aliphatic rings. The zero-order valence-corrected chi connectivity index (χ0v) is 30.6. The van der Waals surface area contributed by atoms with Crippen LogP contribution in [0.2, 0.25) is 0 Å². The van der Waals surface area contributed by atoms with E-state index in [4.69, 9.17) is 9.47 Å². The van der Waals surface area contributed by atoms with Gasteiger partial charge in [0.25, 0.3) is 0 Å². The molecule has 2 atom stereocenters. The van der Waals surface area contributed by atoms with E-state index >= 15 is 0 Å². The minimum Gasteiger partial charge on any atom is -0.480 e. The molecule has 0 bridgehead atoms. The first-order valence-electron chi connectivity index (χ1n) is 15.8. The third-order valence-electron chi connectivity index (χ3n) is 6.73. The van der Waals surface area contributed by atoms with Gasteiger partial charge in [-0.3, -0.25) is 14.6 Å². The van der Waals surface area contributed by atoms with E-state index in [0.29, 0.717) is 11.4 Å². The van der Waals surface area contributed by atoms with E-state index in [2.05, 4.69) is 9.97 Å². The number of amides is 2. The van der Waals surface area contributed by atoms with Gasteiger partial charge in [0.15, 0.2) is 0 Å². The van der Waals surface area contributed by atoms with Crippen LogP contribution in [0.3, 0.4) is 0 Å². The van der Waals surface area contributed by atoms with Crippen molar-refractivity contribution in [2.75, 3.05) is 0 Å². The molecule has 50 heavy (non-hydrogen) atoms. The van der Waals surface area contributed by atoms with Crippen molar-refractivity contribution in [3.05, 3.63) is 105 Å². The van der Waals surface area contributed by atoms with Crippen molar-refractivity contribution in [1.82, 2.24) is 19.8 Å². The Hall–Kier alpha value is -4.69.